The van der Waals surface area contributed by atoms with E-state index in [0.29, 0.717) is 35.3 Å². The second-order valence-electron chi connectivity index (χ2n) is 10.0. The van der Waals surface area contributed by atoms with Crippen molar-refractivity contribution in [2.75, 3.05) is 5.32 Å². The first-order valence-corrected chi connectivity index (χ1v) is 12.3. The third-order valence-corrected chi connectivity index (χ3v) is 7.00. The standard InChI is InChI=1S/C27H32N6O3/c1-5-32-25(34)31-24(33(26(32)35)17-27(4)12-10-18(2)11-13-27)30-21-7-8-22(19(3)14-21)36-23-9-6-20(15-28)16-29-23/h6-9,14,16,18H,5,10-13,17H2,1-4H3,(H,30,31,34). The van der Waals surface area contributed by atoms with E-state index in [1.807, 2.05) is 19.1 Å². The molecule has 1 saturated carbocycles. The normalized spacial score (nSPS) is 19.5. The number of ether oxygens (including phenoxy) is 1. The number of aryl methyl sites for hydroxylation is 1. The van der Waals surface area contributed by atoms with Crippen molar-refractivity contribution in [3.8, 4) is 17.7 Å². The first kappa shape index (κ1) is 25.2. The maximum Gasteiger partial charge on any atom is 0.354 e. The van der Waals surface area contributed by atoms with Crippen LogP contribution < -0.4 is 21.4 Å². The fourth-order valence-corrected chi connectivity index (χ4v) is 4.63. The van der Waals surface area contributed by atoms with Gasteiger partial charge in [-0.1, -0.05) is 26.7 Å². The molecule has 188 valence electrons. The number of anilines is 2. The van der Waals surface area contributed by atoms with Gasteiger partial charge in [-0.05, 0) is 67.9 Å². The molecular formula is C27H32N6O3. The molecule has 0 amide bonds. The number of hydrogen-bond acceptors (Lipinski definition) is 7. The highest BCUT2D eigenvalue weighted by molar-refractivity contribution is 5.57. The zero-order valence-electron chi connectivity index (χ0n) is 21.2. The average molecular weight is 489 g/mol. The van der Waals surface area contributed by atoms with Crippen LogP contribution in [0.4, 0.5) is 11.6 Å². The van der Waals surface area contributed by atoms with Gasteiger partial charge in [0, 0.05) is 31.0 Å². The molecule has 1 aliphatic carbocycles. The second-order valence-corrected chi connectivity index (χ2v) is 10.0. The number of rotatable bonds is 7. The molecule has 0 atom stereocenters. The lowest BCUT2D eigenvalue weighted by Crippen LogP contribution is -2.44. The molecule has 9 heteroatoms. The lowest BCUT2D eigenvalue weighted by Gasteiger charge is -2.37. The van der Waals surface area contributed by atoms with Gasteiger partial charge in [-0.15, -0.1) is 0 Å². The van der Waals surface area contributed by atoms with Crippen LogP contribution in [0.5, 0.6) is 11.6 Å². The van der Waals surface area contributed by atoms with Crippen molar-refractivity contribution in [2.45, 2.75) is 66.5 Å². The van der Waals surface area contributed by atoms with Crippen molar-refractivity contribution in [1.82, 2.24) is 19.1 Å². The summed E-state index contributed by atoms with van der Waals surface area (Å²) in [6.07, 6.45) is 5.77. The van der Waals surface area contributed by atoms with Crippen molar-refractivity contribution >= 4 is 11.6 Å². The molecule has 2 heterocycles. The molecule has 36 heavy (non-hydrogen) atoms. The molecule has 1 fully saturated rings. The molecular weight excluding hydrogens is 456 g/mol. The lowest BCUT2D eigenvalue weighted by molar-refractivity contribution is 0.149. The number of nitrogens with one attached hydrogen (secondary N) is 1. The topological polar surface area (TPSA) is 115 Å². The Morgan fingerprint density at radius 2 is 1.94 bits per heavy atom. The molecule has 0 radical (unpaired) electrons. The summed E-state index contributed by atoms with van der Waals surface area (Å²) in [7, 11) is 0. The second kappa shape index (κ2) is 10.4. The van der Waals surface area contributed by atoms with Crippen molar-refractivity contribution in [3.05, 3.63) is 68.6 Å². The highest BCUT2D eigenvalue weighted by Crippen LogP contribution is 2.40. The number of pyridine rings is 1. The maximum absolute atomic E-state index is 13.3. The van der Waals surface area contributed by atoms with Crippen LogP contribution in [0.15, 0.2) is 46.1 Å². The van der Waals surface area contributed by atoms with E-state index in [1.165, 1.54) is 10.8 Å². The SMILES string of the molecule is CCn1c(=O)nc(Nc2ccc(Oc3ccc(C#N)cn3)c(C)c2)n(CC2(C)CCC(C)CC2)c1=O. The van der Waals surface area contributed by atoms with Gasteiger partial charge >= 0.3 is 11.4 Å². The van der Waals surface area contributed by atoms with E-state index in [9.17, 15) is 9.59 Å². The average Bonchev–Trinajstić information content (AvgIpc) is 2.86. The van der Waals surface area contributed by atoms with Gasteiger partial charge in [-0.2, -0.15) is 10.2 Å². The number of hydrogen-bond donors (Lipinski definition) is 1. The molecule has 0 bridgehead atoms. The van der Waals surface area contributed by atoms with E-state index >= 15 is 0 Å². The molecule has 4 rings (SSSR count). The van der Waals surface area contributed by atoms with Crippen LogP contribution in [-0.4, -0.2) is 19.1 Å². The molecule has 9 nitrogen and oxygen atoms in total. The Morgan fingerprint density at radius 1 is 1.19 bits per heavy atom. The molecule has 0 saturated heterocycles. The minimum atomic E-state index is -0.563. The van der Waals surface area contributed by atoms with Crippen LogP contribution in [0.25, 0.3) is 0 Å². The lowest BCUT2D eigenvalue weighted by atomic mass is 9.72. The quantitative estimate of drug-likeness (QED) is 0.510. The summed E-state index contributed by atoms with van der Waals surface area (Å²) in [6, 6.07) is 10.8. The maximum atomic E-state index is 13.3. The number of aromatic nitrogens is 4. The van der Waals surface area contributed by atoms with E-state index in [-0.39, 0.29) is 23.6 Å². The smallest absolute Gasteiger partial charge is 0.354 e. The van der Waals surface area contributed by atoms with Crippen molar-refractivity contribution in [3.63, 3.8) is 0 Å². The highest BCUT2D eigenvalue weighted by atomic mass is 16.5. The monoisotopic (exact) mass is 488 g/mol. The Bertz CT molecular complexity index is 1390. The molecule has 1 aliphatic rings. The van der Waals surface area contributed by atoms with Crippen LogP contribution >= 0.6 is 0 Å². The Labute approximate surface area is 210 Å². The van der Waals surface area contributed by atoms with Gasteiger partial charge in [-0.3, -0.25) is 4.57 Å². The molecule has 1 aromatic carbocycles. The van der Waals surface area contributed by atoms with Gasteiger partial charge in [0.15, 0.2) is 0 Å². The van der Waals surface area contributed by atoms with E-state index in [1.54, 1.807) is 35.8 Å². The first-order chi connectivity index (χ1) is 17.2. The van der Waals surface area contributed by atoms with E-state index in [2.05, 4.69) is 29.1 Å². The summed E-state index contributed by atoms with van der Waals surface area (Å²) in [5.74, 6) is 1.93. The fraction of sp³-hybridized carbons (Fsp3) is 0.444. The summed E-state index contributed by atoms with van der Waals surface area (Å²) < 4.78 is 8.64. The molecule has 0 aliphatic heterocycles. The Balaban J connectivity index is 1.62. The molecule has 2 aromatic heterocycles. The Hall–Kier alpha value is -3.93. The van der Waals surface area contributed by atoms with Crippen LogP contribution in [0.3, 0.4) is 0 Å². The summed E-state index contributed by atoms with van der Waals surface area (Å²) in [5.41, 5.74) is 1.03. The molecule has 1 N–H and O–H groups in total. The van der Waals surface area contributed by atoms with Crippen molar-refractivity contribution < 1.29 is 4.74 Å². The molecule has 0 spiro atoms. The minimum Gasteiger partial charge on any atom is -0.439 e. The van der Waals surface area contributed by atoms with Gasteiger partial charge in [0.05, 0.1) is 5.56 Å². The highest BCUT2D eigenvalue weighted by Gasteiger charge is 2.31. The van der Waals surface area contributed by atoms with Gasteiger partial charge in [0.1, 0.15) is 11.8 Å². The summed E-state index contributed by atoms with van der Waals surface area (Å²) in [5, 5.41) is 12.1. The predicted octanol–water partition coefficient (Wildman–Crippen LogP) is 4.75. The third-order valence-electron chi connectivity index (χ3n) is 7.00. The first-order valence-electron chi connectivity index (χ1n) is 12.3. The Kier molecular flexibility index (Phi) is 7.25. The van der Waals surface area contributed by atoms with Crippen LogP contribution in [-0.2, 0) is 13.1 Å². The van der Waals surface area contributed by atoms with Crippen molar-refractivity contribution in [1.29, 1.82) is 5.26 Å². The summed E-state index contributed by atoms with van der Waals surface area (Å²) in [4.78, 5) is 34.2. The van der Waals surface area contributed by atoms with E-state index in [0.717, 1.165) is 31.2 Å². The van der Waals surface area contributed by atoms with Crippen molar-refractivity contribution in [2.24, 2.45) is 11.3 Å². The van der Waals surface area contributed by atoms with Crippen LogP contribution in [0.1, 0.15) is 57.6 Å². The van der Waals surface area contributed by atoms with E-state index < -0.39 is 5.69 Å². The van der Waals surface area contributed by atoms with Crippen LogP contribution in [0.2, 0.25) is 0 Å². The number of nitriles is 1. The predicted molar refractivity (Wildman–Crippen MR) is 138 cm³/mol. The van der Waals surface area contributed by atoms with Gasteiger partial charge in [-0.25, -0.2) is 19.1 Å². The van der Waals surface area contributed by atoms with E-state index in [4.69, 9.17) is 10.00 Å². The number of benzene rings is 1. The number of nitrogens with zero attached hydrogens (tertiary/aromatic N) is 5. The minimum absolute atomic E-state index is 0.0356. The zero-order chi connectivity index (χ0) is 25.9. The van der Waals surface area contributed by atoms with Gasteiger partial charge in [0.25, 0.3) is 0 Å². The largest absolute Gasteiger partial charge is 0.439 e. The van der Waals surface area contributed by atoms with Gasteiger partial charge in [0.2, 0.25) is 11.8 Å². The summed E-state index contributed by atoms with van der Waals surface area (Å²) >= 11 is 0. The van der Waals surface area contributed by atoms with Crippen LogP contribution in [0, 0.1) is 29.6 Å². The van der Waals surface area contributed by atoms with Gasteiger partial charge < -0.3 is 10.1 Å². The third kappa shape index (κ3) is 5.48. The molecule has 3 aromatic rings. The molecule has 0 unspecified atom stereocenters. The Morgan fingerprint density at radius 3 is 2.56 bits per heavy atom. The fourth-order valence-electron chi connectivity index (χ4n) is 4.63. The summed E-state index contributed by atoms with van der Waals surface area (Å²) in [6.45, 7) is 8.92. The zero-order valence-corrected chi connectivity index (χ0v) is 21.2.